The van der Waals surface area contributed by atoms with Crippen LogP contribution in [0, 0.1) is 18.3 Å². The van der Waals surface area contributed by atoms with Gasteiger partial charge >= 0.3 is 0 Å². The van der Waals surface area contributed by atoms with Crippen molar-refractivity contribution < 1.29 is 4.68 Å². The summed E-state index contributed by atoms with van der Waals surface area (Å²) in [5.74, 6) is 0. The molecule has 0 bridgehead atoms. The maximum atomic E-state index is 9.20. The van der Waals surface area contributed by atoms with Crippen molar-refractivity contribution in [1.29, 1.82) is 5.26 Å². The Morgan fingerprint density at radius 1 is 1.26 bits per heavy atom. The van der Waals surface area contributed by atoms with Crippen LogP contribution in [-0.4, -0.2) is 4.68 Å². The molecule has 3 aromatic rings. The Kier molecular flexibility index (Phi) is 1.88. The molecule has 19 heavy (non-hydrogen) atoms. The molecule has 3 nitrogen and oxygen atoms in total. The fraction of sp³-hybridized carbons (Fsp3) is 0.125. The van der Waals surface area contributed by atoms with Crippen LogP contribution >= 0.6 is 0 Å². The predicted octanol–water partition coefficient (Wildman–Crippen LogP) is 2.46. The summed E-state index contributed by atoms with van der Waals surface area (Å²) < 4.78 is 4.38. The third-order valence-electron chi connectivity index (χ3n) is 3.77. The first-order chi connectivity index (χ1) is 9.28. The van der Waals surface area contributed by atoms with Gasteiger partial charge in [-0.25, -0.2) is 0 Å². The Bertz CT molecular complexity index is 866. The Labute approximate surface area is 110 Å². The van der Waals surface area contributed by atoms with Gasteiger partial charge < -0.3 is 0 Å². The zero-order valence-corrected chi connectivity index (χ0v) is 10.6. The molecule has 0 fully saturated rings. The van der Waals surface area contributed by atoms with Crippen molar-refractivity contribution in [3.8, 4) is 11.8 Å². The van der Waals surface area contributed by atoms with E-state index in [0.717, 1.165) is 23.0 Å². The maximum Gasteiger partial charge on any atom is 0.205 e. The molecule has 0 aliphatic carbocycles. The molecule has 0 unspecified atom stereocenters. The van der Waals surface area contributed by atoms with Crippen LogP contribution in [0.1, 0.15) is 16.7 Å². The summed E-state index contributed by atoms with van der Waals surface area (Å²) in [5.41, 5.74) is 5.65. The summed E-state index contributed by atoms with van der Waals surface area (Å²) in [6.07, 6.45) is 2.07. The Hall–Kier alpha value is -2.60. The first-order valence-corrected chi connectivity index (χ1v) is 6.32. The van der Waals surface area contributed by atoms with Crippen molar-refractivity contribution in [3.63, 3.8) is 0 Å². The normalized spacial score (nSPS) is 12.2. The van der Waals surface area contributed by atoms with Crippen molar-refractivity contribution in [1.82, 2.24) is 4.68 Å². The quantitative estimate of drug-likeness (QED) is 0.439. The lowest BCUT2D eigenvalue weighted by Gasteiger charge is -1.99. The van der Waals surface area contributed by atoms with Gasteiger partial charge in [0.2, 0.25) is 6.20 Å². The molecule has 3 heteroatoms. The molecular formula is C16H12N3+. The molecule has 2 aromatic carbocycles. The van der Waals surface area contributed by atoms with Gasteiger partial charge in [0.1, 0.15) is 17.3 Å². The van der Waals surface area contributed by atoms with E-state index in [0.29, 0.717) is 0 Å². The van der Waals surface area contributed by atoms with E-state index in [-0.39, 0.29) is 0 Å². The minimum Gasteiger partial charge on any atom is -0.192 e. The highest BCUT2D eigenvalue weighted by Crippen LogP contribution is 2.27. The molecule has 1 aliphatic rings. The summed E-state index contributed by atoms with van der Waals surface area (Å²) in [6.45, 7) is 2.98. The smallest absolute Gasteiger partial charge is 0.192 e. The van der Waals surface area contributed by atoms with Gasteiger partial charge in [0.05, 0.1) is 10.9 Å². The van der Waals surface area contributed by atoms with Gasteiger partial charge in [0.15, 0.2) is 6.54 Å². The Morgan fingerprint density at radius 3 is 3.00 bits per heavy atom. The number of nitriles is 1. The molecule has 0 saturated heterocycles. The largest absolute Gasteiger partial charge is 0.205 e. The molecule has 1 aliphatic heterocycles. The average Bonchev–Trinajstić information content (AvgIpc) is 2.94. The maximum absolute atomic E-state index is 9.20. The molecule has 2 heterocycles. The van der Waals surface area contributed by atoms with Gasteiger partial charge in [0.25, 0.3) is 0 Å². The highest BCUT2D eigenvalue weighted by Gasteiger charge is 2.28. The van der Waals surface area contributed by atoms with Crippen molar-refractivity contribution in [2.45, 2.75) is 13.5 Å². The number of benzene rings is 2. The molecule has 0 N–H and O–H groups in total. The zero-order valence-electron chi connectivity index (χ0n) is 10.6. The second kappa shape index (κ2) is 3.46. The first-order valence-electron chi connectivity index (χ1n) is 6.32. The highest BCUT2D eigenvalue weighted by molar-refractivity contribution is 5.85. The zero-order chi connectivity index (χ0) is 13.0. The van der Waals surface area contributed by atoms with E-state index in [1.807, 2.05) is 12.1 Å². The second-order valence-electron chi connectivity index (χ2n) is 5.02. The van der Waals surface area contributed by atoms with Crippen LogP contribution in [0.2, 0.25) is 0 Å². The molecule has 0 atom stereocenters. The molecule has 0 spiro atoms. The number of nitrogens with zero attached hydrogens (tertiary/aromatic N) is 3. The predicted molar refractivity (Wildman–Crippen MR) is 72.0 cm³/mol. The van der Waals surface area contributed by atoms with Gasteiger partial charge in [-0.1, -0.05) is 18.2 Å². The number of hydrogen-bond donors (Lipinski definition) is 0. The van der Waals surface area contributed by atoms with Gasteiger partial charge in [0, 0.05) is 5.56 Å². The SMILES string of the molecule is Cc1ccc2c(c1)-n1c3cccc(C#N)c3c[n+]1C2. The van der Waals surface area contributed by atoms with Gasteiger partial charge in [-0.2, -0.15) is 5.26 Å². The van der Waals surface area contributed by atoms with Crippen LogP contribution in [0.25, 0.3) is 16.6 Å². The summed E-state index contributed by atoms with van der Waals surface area (Å²) in [4.78, 5) is 0. The fourth-order valence-corrected chi connectivity index (χ4v) is 2.88. The van der Waals surface area contributed by atoms with Crippen molar-refractivity contribution in [2.75, 3.05) is 0 Å². The number of rotatable bonds is 0. The Morgan fingerprint density at radius 2 is 2.16 bits per heavy atom. The molecule has 0 saturated carbocycles. The van der Waals surface area contributed by atoms with Crippen molar-refractivity contribution >= 4 is 10.9 Å². The molecule has 1 aromatic heterocycles. The molecular weight excluding hydrogens is 234 g/mol. The van der Waals surface area contributed by atoms with Crippen LogP contribution in [0.3, 0.4) is 0 Å². The van der Waals surface area contributed by atoms with Gasteiger partial charge in [-0.15, -0.1) is 9.36 Å². The van der Waals surface area contributed by atoms with E-state index in [1.165, 1.54) is 16.8 Å². The third kappa shape index (κ3) is 1.28. The first kappa shape index (κ1) is 10.3. The van der Waals surface area contributed by atoms with E-state index >= 15 is 0 Å². The Balaban J connectivity index is 2.12. The van der Waals surface area contributed by atoms with Gasteiger partial charge in [-0.3, -0.25) is 0 Å². The third-order valence-corrected chi connectivity index (χ3v) is 3.77. The molecule has 90 valence electrons. The van der Waals surface area contributed by atoms with E-state index < -0.39 is 0 Å². The minimum atomic E-state index is 0.737. The van der Waals surface area contributed by atoms with Crippen LogP contribution < -0.4 is 4.68 Å². The van der Waals surface area contributed by atoms with Crippen LogP contribution in [0.15, 0.2) is 42.6 Å². The van der Waals surface area contributed by atoms with Crippen molar-refractivity contribution in [3.05, 3.63) is 59.3 Å². The molecule has 4 rings (SSSR count). The average molecular weight is 246 g/mol. The number of aryl methyl sites for hydroxylation is 1. The van der Waals surface area contributed by atoms with Crippen LogP contribution in [-0.2, 0) is 6.54 Å². The lowest BCUT2D eigenvalue weighted by molar-refractivity contribution is -0.749. The van der Waals surface area contributed by atoms with E-state index in [2.05, 4.69) is 52.8 Å². The molecule has 0 amide bonds. The molecule has 0 radical (unpaired) electrons. The number of fused-ring (bicyclic) bond motifs is 5. The van der Waals surface area contributed by atoms with E-state index in [4.69, 9.17) is 0 Å². The summed E-state index contributed by atoms with van der Waals surface area (Å²) in [7, 11) is 0. The van der Waals surface area contributed by atoms with Crippen molar-refractivity contribution in [2.24, 2.45) is 0 Å². The fourth-order valence-electron chi connectivity index (χ4n) is 2.88. The van der Waals surface area contributed by atoms with E-state index in [9.17, 15) is 5.26 Å². The van der Waals surface area contributed by atoms with Crippen LogP contribution in [0.5, 0.6) is 0 Å². The minimum absolute atomic E-state index is 0.737. The van der Waals surface area contributed by atoms with Gasteiger partial charge in [-0.05, 0) is 30.7 Å². The standard InChI is InChI=1S/C16H12N3/c1-11-5-6-13-9-18-10-14-12(8-17)3-2-4-15(14)19(18)16(13)7-11/h2-7,10H,9H2,1H3/q+1. The van der Waals surface area contributed by atoms with Crippen LogP contribution in [0.4, 0.5) is 0 Å². The summed E-state index contributed by atoms with van der Waals surface area (Å²) in [6, 6.07) is 14.7. The highest BCUT2D eigenvalue weighted by atomic mass is 15.4. The lowest BCUT2D eigenvalue weighted by Crippen LogP contribution is -2.36. The second-order valence-corrected chi connectivity index (χ2v) is 5.02. The number of hydrogen-bond acceptors (Lipinski definition) is 1. The summed E-state index contributed by atoms with van der Waals surface area (Å²) in [5, 5.41) is 10.2. The lowest BCUT2D eigenvalue weighted by atomic mass is 10.1. The van der Waals surface area contributed by atoms with E-state index in [1.54, 1.807) is 0 Å². The topological polar surface area (TPSA) is 32.6 Å². The number of aromatic nitrogens is 2. The summed E-state index contributed by atoms with van der Waals surface area (Å²) >= 11 is 0. The monoisotopic (exact) mass is 246 g/mol.